The van der Waals surface area contributed by atoms with Gasteiger partial charge in [-0.05, 0) is 6.92 Å². The van der Waals surface area contributed by atoms with E-state index in [1.54, 1.807) is 0 Å². The molecular weight excluding hydrogens is 222 g/mol. The van der Waals surface area contributed by atoms with Crippen LogP contribution in [-0.2, 0) is 14.6 Å². The molecule has 0 aromatic rings. The van der Waals surface area contributed by atoms with Crippen molar-refractivity contribution < 1.29 is 18.4 Å². The van der Waals surface area contributed by atoms with E-state index in [4.69, 9.17) is 10.9 Å². The van der Waals surface area contributed by atoms with Crippen LogP contribution in [0.1, 0.15) is 6.92 Å². The predicted octanol–water partition coefficient (Wildman–Crippen LogP) is -1.38. The fraction of sp³-hybridized carbons (Fsp3) is 0.714. The number of amides is 1. The molecule has 0 aromatic heterocycles. The van der Waals surface area contributed by atoms with Gasteiger partial charge >= 0.3 is 0 Å². The van der Waals surface area contributed by atoms with Crippen LogP contribution in [-0.4, -0.2) is 55.4 Å². The van der Waals surface area contributed by atoms with Crippen LogP contribution in [0.5, 0.6) is 0 Å². The first-order valence-corrected chi connectivity index (χ1v) is 6.16. The van der Waals surface area contributed by atoms with E-state index < -0.39 is 27.5 Å². The monoisotopic (exact) mass is 237 g/mol. The summed E-state index contributed by atoms with van der Waals surface area (Å²) in [5, 5.41) is 11.1. The second-order valence-electron chi connectivity index (χ2n) is 3.28. The first kappa shape index (κ1) is 13.7. The van der Waals surface area contributed by atoms with Crippen LogP contribution < -0.4 is 5.73 Å². The topological polar surface area (TPSA) is 113 Å². The molecule has 88 valence electrons. The Morgan fingerprint density at radius 1 is 1.60 bits per heavy atom. The van der Waals surface area contributed by atoms with Gasteiger partial charge in [-0.2, -0.15) is 0 Å². The van der Waals surface area contributed by atoms with Gasteiger partial charge in [0.2, 0.25) is 5.91 Å². The van der Waals surface area contributed by atoms with Crippen LogP contribution in [0.2, 0.25) is 0 Å². The van der Waals surface area contributed by atoms with E-state index in [1.807, 2.05) is 0 Å². The Balaban J connectivity index is 4.60. The highest BCUT2D eigenvalue weighted by molar-refractivity contribution is 7.91. The predicted molar refractivity (Wildman–Crippen MR) is 55.4 cm³/mol. The fourth-order valence-electron chi connectivity index (χ4n) is 0.824. The second kappa shape index (κ2) is 4.96. The second-order valence-corrected chi connectivity index (χ2v) is 5.42. The van der Waals surface area contributed by atoms with Crippen molar-refractivity contribution in [3.8, 4) is 0 Å². The summed E-state index contributed by atoms with van der Waals surface area (Å²) in [6.45, 7) is 1.52. The van der Waals surface area contributed by atoms with Gasteiger partial charge < -0.3 is 15.8 Å². The highest BCUT2D eigenvalue weighted by atomic mass is 32.2. The molecule has 0 bridgehead atoms. The number of hydrogen-bond donors (Lipinski definition) is 2. The molecule has 1 atom stereocenters. The molecule has 7 nitrogen and oxygen atoms in total. The minimum atomic E-state index is -3.37. The number of amidine groups is 1. The van der Waals surface area contributed by atoms with E-state index in [-0.39, 0.29) is 5.84 Å². The van der Waals surface area contributed by atoms with Crippen molar-refractivity contribution in [3.05, 3.63) is 0 Å². The number of rotatable bonds is 4. The van der Waals surface area contributed by atoms with E-state index >= 15 is 0 Å². The molecule has 15 heavy (non-hydrogen) atoms. The fourth-order valence-corrected chi connectivity index (χ4v) is 1.48. The Labute approximate surface area is 88.5 Å². The molecule has 0 aliphatic rings. The zero-order chi connectivity index (χ0) is 12.2. The molecule has 1 unspecified atom stereocenters. The molecule has 0 aliphatic carbocycles. The van der Waals surface area contributed by atoms with Gasteiger partial charge in [0.1, 0.15) is 5.75 Å². The first-order valence-electron chi connectivity index (χ1n) is 4.10. The maximum Gasteiger partial charge on any atom is 0.238 e. The number of likely N-dealkylation sites (N-methyl/N-ethyl adjacent to an activating group) is 1. The van der Waals surface area contributed by atoms with Gasteiger partial charge in [-0.25, -0.2) is 8.42 Å². The number of nitrogens with two attached hydrogens (primary N) is 1. The quantitative estimate of drug-likeness (QED) is 0.271. The van der Waals surface area contributed by atoms with Gasteiger partial charge in [0.05, 0.1) is 6.04 Å². The summed E-state index contributed by atoms with van der Waals surface area (Å²) in [4.78, 5) is 12.5. The zero-order valence-electron chi connectivity index (χ0n) is 8.84. The minimum absolute atomic E-state index is 0.153. The van der Waals surface area contributed by atoms with Gasteiger partial charge in [0, 0.05) is 13.3 Å². The van der Waals surface area contributed by atoms with Crippen LogP contribution in [0, 0.1) is 0 Å². The molecule has 1 amide bonds. The van der Waals surface area contributed by atoms with E-state index in [9.17, 15) is 13.2 Å². The maximum atomic E-state index is 11.4. The molecule has 8 heteroatoms. The normalized spacial score (nSPS) is 14.7. The molecule has 0 saturated carbocycles. The van der Waals surface area contributed by atoms with Gasteiger partial charge in [0.15, 0.2) is 15.7 Å². The Morgan fingerprint density at radius 2 is 2.07 bits per heavy atom. The van der Waals surface area contributed by atoms with Crippen LogP contribution in [0.3, 0.4) is 0 Å². The molecule has 0 radical (unpaired) electrons. The number of carbonyl (C=O) groups excluding carboxylic acids is 1. The van der Waals surface area contributed by atoms with Crippen LogP contribution in [0.15, 0.2) is 5.16 Å². The lowest BCUT2D eigenvalue weighted by Crippen LogP contribution is -2.45. The molecule has 0 aromatic carbocycles. The van der Waals surface area contributed by atoms with E-state index in [0.717, 1.165) is 11.2 Å². The largest absolute Gasteiger partial charge is 0.409 e. The molecule has 0 fully saturated rings. The van der Waals surface area contributed by atoms with Gasteiger partial charge in [0.25, 0.3) is 0 Å². The smallest absolute Gasteiger partial charge is 0.238 e. The average molecular weight is 237 g/mol. The number of oxime groups is 1. The third-order valence-electron chi connectivity index (χ3n) is 1.90. The van der Waals surface area contributed by atoms with E-state index in [1.165, 1.54) is 14.0 Å². The van der Waals surface area contributed by atoms with Crippen LogP contribution in [0.4, 0.5) is 0 Å². The summed E-state index contributed by atoms with van der Waals surface area (Å²) in [5.41, 5.74) is 5.28. The van der Waals surface area contributed by atoms with Crippen molar-refractivity contribution >= 4 is 21.6 Å². The van der Waals surface area contributed by atoms with Gasteiger partial charge in [-0.3, -0.25) is 4.79 Å². The number of hydrogen-bond acceptors (Lipinski definition) is 5. The van der Waals surface area contributed by atoms with Crippen molar-refractivity contribution in [1.29, 1.82) is 0 Å². The molecule has 0 aliphatic heterocycles. The third kappa shape index (κ3) is 4.63. The lowest BCUT2D eigenvalue weighted by Gasteiger charge is -2.23. The Hall–Kier alpha value is -1.31. The first-order chi connectivity index (χ1) is 6.69. The molecule has 3 N–H and O–H groups in total. The van der Waals surface area contributed by atoms with Gasteiger partial charge in [-0.15, -0.1) is 0 Å². The van der Waals surface area contributed by atoms with Gasteiger partial charge in [-0.1, -0.05) is 5.16 Å². The van der Waals surface area contributed by atoms with E-state index in [2.05, 4.69) is 5.16 Å². The summed E-state index contributed by atoms with van der Waals surface area (Å²) in [6, 6.07) is -0.649. The molecule has 0 heterocycles. The summed E-state index contributed by atoms with van der Waals surface area (Å²) < 4.78 is 21.7. The van der Waals surface area contributed by atoms with Crippen LogP contribution in [0.25, 0.3) is 0 Å². The van der Waals surface area contributed by atoms with Crippen molar-refractivity contribution in [3.63, 3.8) is 0 Å². The Morgan fingerprint density at radius 3 is 2.40 bits per heavy atom. The number of sulfone groups is 1. The standard InChI is InChI=1S/C7H15N3O4S/c1-5(7(8)9-12)10(2)6(11)4-15(3,13)14/h5,12H,4H2,1-3H3,(H2,8,9). The Bertz CT molecular complexity index is 362. The minimum Gasteiger partial charge on any atom is -0.409 e. The average Bonchev–Trinajstić information content (AvgIpc) is 2.11. The summed E-state index contributed by atoms with van der Waals surface area (Å²) >= 11 is 0. The summed E-state index contributed by atoms with van der Waals surface area (Å²) in [6.07, 6.45) is 0.965. The molecule has 0 saturated heterocycles. The van der Waals surface area contributed by atoms with Crippen molar-refractivity contribution in [2.45, 2.75) is 13.0 Å². The lowest BCUT2D eigenvalue weighted by molar-refractivity contribution is -0.127. The maximum absolute atomic E-state index is 11.4. The lowest BCUT2D eigenvalue weighted by atomic mass is 10.3. The zero-order valence-corrected chi connectivity index (χ0v) is 9.65. The van der Waals surface area contributed by atoms with Crippen molar-refractivity contribution in [1.82, 2.24) is 4.90 Å². The highest BCUT2D eigenvalue weighted by Crippen LogP contribution is 1.98. The Kier molecular flexibility index (Phi) is 4.53. The number of carbonyl (C=O) groups is 1. The molecular formula is C7H15N3O4S. The van der Waals surface area contributed by atoms with Crippen molar-refractivity contribution in [2.75, 3.05) is 19.1 Å². The van der Waals surface area contributed by atoms with E-state index in [0.29, 0.717) is 0 Å². The molecule has 0 spiro atoms. The SMILES string of the molecule is CC(C(N)=NO)N(C)C(=O)CS(C)(=O)=O. The molecule has 0 rings (SSSR count). The summed E-state index contributed by atoms with van der Waals surface area (Å²) in [7, 11) is -1.98. The van der Waals surface area contributed by atoms with Crippen molar-refractivity contribution in [2.24, 2.45) is 10.9 Å². The third-order valence-corrected chi connectivity index (χ3v) is 2.67. The number of nitrogens with zero attached hydrogens (tertiary/aromatic N) is 2. The highest BCUT2D eigenvalue weighted by Gasteiger charge is 2.22. The summed E-state index contributed by atoms with van der Waals surface area (Å²) in [5.74, 6) is -1.34. The van der Waals surface area contributed by atoms with Crippen LogP contribution >= 0.6 is 0 Å².